The predicted octanol–water partition coefficient (Wildman–Crippen LogP) is 1.05. The summed E-state index contributed by atoms with van der Waals surface area (Å²) in [5, 5.41) is 9.96. The van der Waals surface area contributed by atoms with Crippen molar-refractivity contribution in [3.05, 3.63) is 54.1 Å². The van der Waals surface area contributed by atoms with Gasteiger partial charge in [0.2, 0.25) is 0 Å². The lowest BCUT2D eigenvalue weighted by Gasteiger charge is -2.21. The molecule has 0 atom stereocenters. The van der Waals surface area contributed by atoms with Crippen LogP contribution in [0.25, 0.3) is 5.52 Å². The number of fused-ring (bicyclic) bond motifs is 1. The van der Waals surface area contributed by atoms with Crippen molar-refractivity contribution in [2.45, 2.75) is 6.42 Å². The van der Waals surface area contributed by atoms with Crippen LogP contribution < -0.4 is 0 Å². The average Bonchev–Trinajstić information content (AvgIpc) is 3.25. The number of nitrogens with one attached hydrogen (secondary N) is 1. The minimum absolute atomic E-state index is 0.000523. The summed E-state index contributed by atoms with van der Waals surface area (Å²) in [6.07, 6.45) is 5.93. The summed E-state index contributed by atoms with van der Waals surface area (Å²) >= 11 is 0. The number of hydrogen-bond acceptors (Lipinski definition) is 4. The third-order valence-electron chi connectivity index (χ3n) is 4.46. The van der Waals surface area contributed by atoms with E-state index in [0.29, 0.717) is 37.4 Å². The van der Waals surface area contributed by atoms with Gasteiger partial charge in [0.1, 0.15) is 0 Å². The second-order valence-corrected chi connectivity index (χ2v) is 6.05. The van der Waals surface area contributed by atoms with Crippen molar-refractivity contribution >= 4 is 17.3 Å². The van der Waals surface area contributed by atoms with Gasteiger partial charge in [-0.25, -0.2) is 0 Å². The van der Waals surface area contributed by atoms with Crippen LogP contribution in [0.5, 0.6) is 0 Å². The zero-order valence-corrected chi connectivity index (χ0v) is 13.6. The highest BCUT2D eigenvalue weighted by atomic mass is 16.2. The SMILES string of the molecule is O=C(c1cc2ccccn2c1)N1CCCN(C(=O)c2cn[nH]n2)CC1. The molecule has 128 valence electrons. The Morgan fingerprint density at radius 3 is 2.56 bits per heavy atom. The zero-order valence-electron chi connectivity index (χ0n) is 13.6. The normalized spacial score (nSPS) is 15.4. The Morgan fingerprint density at radius 2 is 1.84 bits per heavy atom. The maximum Gasteiger partial charge on any atom is 0.276 e. The molecule has 2 amide bonds. The van der Waals surface area contributed by atoms with Crippen molar-refractivity contribution in [2.24, 2.45) is 0 Å². The van der Waals surface area contributed by atoms with Gasteiger partial charge in [-0.15, -0.1) is 0 Å². The van der Waals surface area contributed by atoms with Crippen molar-refractivity contribution in [1.29, 1.82) is 0 Å². The number of amides is 2. The van der Waals surface area contributed by atoms with E-state index in [1.807, 2.05) is 46.0 Å². The maximum absolute atomic E-state index is 12.8. The van der Waals surface area contributed by atoms with Crippen LogP contribution in [0.15, 0.2) is 42.9 Å². The smallest absolute Gasteiger partial charge is 0.276 e. The van der Waals surface area contributed by atoms with Gasteiger partial charge in [-0.1, -0.05) is 6.07 Å². The summed E-state index contributed by atoms with van der Waals surface area (Å²) in [6.45, 7) is 2.24. The minimum Gasteiger partial charge on any atom is -0.337 e. The summed E-state index contributed by atoms with van der Waals surface area (Å²) in [5.41, 5.74) is 1.96. The fourth-order valence-electron chi connectivity index (χ4n) is 3.15. The topological polar surface area (TPSA) is 86.6 Å². The molecule has 25 heavy (non-hydrogen) atoms. The molecule has 3 aromatic rings. The summed E-state index contributed by atoms with van der Waals surface area (Å²) in [5.74, 6) is -0.155. The quantitative estimate of drug-likeness (QED) is 0.756. The first-order valence-corrected chi connectivity index (χ1v) is 8.23. The Kier molecular flexibility index (Phi) is 3.93. The molecule has 0 spiro atoms. The van der Waals surface area contributed by atoms with E-state index in [4.69, 9.17) is 0 Å². The molecule has 1 fully saturated rings. The van der Waals surface area contributed by atoms with Crippen LogP contribution >= 0.6 is 0 Å². The first-order chi connectivity index (χ1) is 12.2. The van der Waals surface area contributed by atoms with Gasteiger partial charge in [0, 0.05) is 44.1 Å². The molecule has 4 rings (SSSR count). The lowest BCUT2D eigenvalue weighted by Crippen LogP contribution is -2.37. The van der Waals surface area contributed by atoms with E-state index in [1.54, 1.807) is 4.90 Å². The van der Waals surface area contributed by atoms with Crippen molar-refractivity contribution in [3.8, 4) is 0 Å². The van der Waals surface area contributed by atoms with Gasteiger partial charge in [0.15, 0.2) is 5.69 Å². The van der Waals surface area contributed by atoms with Gasteiger partial charge in [-0.05, 0) is 24.6 Å². The number of carbonyl (C=O) groups is 2. The van der Waals surface area contributed by atoms with E-state index in [-0.39, 0.29) is 11.8 Å². The second kappa shape index (κ2) is 6.39. The first-order valence-electron chi connectivity index (χ1n) is 8.23. The highest BCUT2D eigenvalue weighted by molar-refractivity contribution is 5.96. The number of pyridine rings is 1. The van der Waals surface area contributed by atoms with Gasteiger partial charge in [-0.2, -0.15) is 15.4 Å². The Morgan fingerprint density at radius 1 is 1.04 bits per heavy atom. The number of aromatic amines is 1. The minimum atomic E-state index is -0.155. The molecule has 8 heteroatoms. The second-order valence-electron chi connectivity index (χ2n) is 6.05. The number of carbonyl (C=O) groups excluding carboxylic acids is 2. The molecule has 0 bridgehead atoms. The molecule has 1 aliphatic heterocycles. The third-order valence-corrected chi connectivity index (χ3v) is 4.46. The summed E-state index contributed by atoms with van der Waals surface area (Å²) in [6, 6.07) is 7.74. The molecule has 1 aliphatic rings. The van der Waals surface area contributed by atoms with Crippen molar-refractivity contribution in [1.82, 2.24) is 29.6 Å². The molecular formula is C17H18N6O2. The van der Waals surface area contributed by atoms with E-state index in [0.717, 1.165) is 11.9 Å². The van der Waals surface area contributed by atoms with Gasteiger partial charge in [0.25, 0.3) is 11.8 Å². The fourth-order valence-corrected chi connectivity index (χ4v) is 3.15. The maximum atomic E-state index is 12.8. The van der Waals surface area contributed by atoms with Gasteiger partial charge >= 0.3 is 0 Å². The lowest BCUT2D eigenvalue weighted by molar-refractivity contribution is 0.0715. The average molecular weight is 338 g/mol. The molecule has 0 unspecified atom stereocenters. The number of H-pyrrole nitrogens is 1. The molecule has 3 aromatic heterocycles. The standard InChI is InChI=1S/C17H18N6O2/c24-16(13-10-14-4-1-2-5-23(14)12-13)21-6-3-7-22(9-8-21)17(25)15-11-18-20-19-15/h1-2,4-5,10-12H,3,6-9H2,(H,18,19,20). The Balaban J connectivity index is 1.46. The van der Waals surface area contributed by atoms with Crippen molar-refractivity contribution in [3.63, 3.8) is 0 Å². The van der Waals surface area contributed by atoms with Crippen LogP contribution in [-0.4, -0.2) is 67.6 Å². The van der Waals surface area contributed by atoms with Gasteiger partial charge in [-0.3, -0.25) is 9.59 Å². The Hall–Kier alpha value is -3.16. The molecule has 0 radical (unpaired) electrons. The van der Waals surface area contributed by atoms with E-state index in [1.165, 1.54) is 6.20 Å². The highest BCUT2D eigenvalue weighted by Crippen LogP contribution is 2.14. The van der Waals surface area contributed by atoms with Crippen LogP contribution in [0.1, 0.15) is 27.3 Å². The largest absolute Gasteiger partial charge is 0.337 e. The van der Waals surface area contributed by atoms with E-state index >= 15 is 0 Å². The number of nitrogens with zero attached hydrogens (tertiary/aromatic N) is 5. The summed E-state index contributed by atoms with van der Waals surface area (Å²) in [4.78, 5) is 28.7. The molecular weight excluding hydrogens is 320 g/mol. The van der Waals surface area contributed by atoms with Gasteiger partial charge in [0.05, 0.1) is 11.8 Å². The van der Waals surface area contributed by atoms with Crippen LogP contribution in [0.2, 0.25) is 0 Å². The van der Waals surface area contributed by atoms with Crippen LogP contribution in [-0.2, 0) is 0 Å². The zero-order chi connectivity index (χ0) is 17.2. The summed E-state index contributed by atoms with van der Waals surface area (Å²) in [7, 11) is 0. The molecule has 0 aliphatic carbocycles. The lowest BCUT2D eigenvalue weighted by atomic mass is 10.2. The highest BCUT2D eigenvalue weighted by Gasteiger charge is 2.25. The third kappa shape index (κ3) is 2.98. The van der Waals surface area contributed by atoms with E-state index in [2.05, 4.69) is 15.4 Å². The van der Waals surface area contributed by atoms with Gasteiger partial charge < -0.3 is 14.2 Å². The fraction of sp³-hybridized carbons (Fsp3) is 0.294. The monoisotopic (exact) mass is 338 g/mol. The van der Waals surface area contributed by atoms with E-state index < -0.39 is 0 Å². The van der Waals surface area contributed by atoms with Crippen LogP contribution in [0, 0.1) is 0 Å². The van der Waals surface area contributed by atoms with Crippen molar-refractivity contribution in [2.75, 3.05) is 26.2 Å². The Bertz CT molecular complexity index is 868. The Labute approximate surface area is 144 Å². The van der Waals surface area contributed by atoms with E-state index in [9.17, 15) is 9.59 Å². The summed E-state index contributed by atoms with van der Waals surface area (Å²) < 4.78 is 1.94. The number of rotatable bonds is 2. The molecule has 4 heterocycles. The molecule has 1 saturated heterocycles. The molecule has 1 N–H and O–H groups in total. The van der Waals surface area contributed by atoms with Crippen LogP contribution in [0.4, 0.5) is 0 Å². The molecule has 8 nitrogen and oxygen atoms in total. The van der Waals surface area contributed by atoms with Crippen molar-refractivity contribution < 1.29 is 9.59 Å². The predicted molar refractivity (Wildman–Crippen MR) is 90.2 cm³/mol. The number of hydrogen-bond donors (Lipinski definition) is 1. The number of aromatic nitrogens is 4. The first kappa shape index (κ1) is 15.4. The molecule has 0 saturated carbocycles. The van der Waals surface area contributed by atoms with Crippen LogP contribution in [0.3, 0.4) is 0 Å². The molecule has 0 aromatic carbocycles.